The van der Waals surface area contributed by atoms with E-state index in [0.29, 0.717) is 70.6 Å². The van der Waals surface area contributed by atoms with Crippen LogP contribution in [0.4, 0.5) is 0 Å². The Bertz CT molecular complexity index is 1450. The number of amides is 3. The molecule has 0 saturated carbocycles. The number of carbonyl (C=O) groups excluding carboxylic acids is 4. The number of hydrogen-bond acceptors (Lipinski definition) is 11. The van der Waals surface area contributed by atoms with E-state index in [-0.39, 0.29) is 37.2 Å². The molecule has 278 valence electrons. The van der Waals surface area contributed by atoms with E-state index in [0.717, 1.165) is 63.2 Å². The van der Waals surface area contributed by atoms with E-state index in [4.69, 9.17) is 23.7 Å². The summed E-state index contributed by atoms with van der Waals surface area (Å²) >= 11 is 0. The van der Waals surface area contributed by atoms with Crippen molar-refractivity contribution in [2.45, 2.75) is 64.8 Å². The van der Waals surface area contributed by atoms with Crippen molar-refractivity contribution in [1.82, 2.24) is 20.0 Å². The van der Waals surface area contributed by atoms with E-state index in [2.05, 4.69) is 46.3 Å². The molecule has 13 heteroatoms. The van der Waals surface area contributed by atoms with Crippen LogP contribution in [-0.4, -0.2) is 123 Å². The molecule has 3 amide bonds. The Morgan fingerprint density at radius 1 is 0.824 bits per heavy atom. The second kappa shape index (κ2) is 20.2. The third kappa shape index (κ3) is 11.8. The first-order chi connectivity index (χ1) is 24.9. The van der Waals surface area contributed by atoms with Crippen molar-refractivity contribution in [3.05, 3.63) is 64.7 Å². The number of fused-ring (bicyclic) bond motifs is 1. The van der Waals surface area contributed by atoms with Gasteiger partial charge in [-0.3, -0.25) is 34.3 Å². The molecule has 1 atom stereocenters. The molecule has 2 aromatic rings. The van der Waals surface area contributed by atoms with Crippen LogP contribution >= 0.6 is 0 Å². The monoisotopic (exact) mass is 708 g/mol. The van der Waals surface area contributed by atoms with Gasteiger partial charge in [0.05, 0.1) is 59.2 Å². The Kier molecular flexibility index (Phi) is 15.2. The average Bonchev–Trinajstić information content (AvgIpc) is 3.47. The number of unbranched alkanes of at least 4 members (excludes halogenated alkanes) is 1. The van der Waals surface area contributed by atoms with Crippen molar-refractivity contribution in [2.75, 3.05) is 79.0 Å². The van der Waals surface area contributed by atoms with Crippen LogP contribution in [0.5, 0.6) is 5.75 Å². The SMILES string of the molecule is CCCCOC(=O)CCOCCOCCOCCN1CCN(Cc2ccc(COc3cccc4c3CN(C3CCC(=O)NC3=O)C4=O)cc2)CC1. The predicted molar refractivity (Wildman–Crippen MR) is 188 cm³/mol. The van der Waals surface area contributed by atoms with Crippen LogP contribution < -0.4 is 10.1 Å². The topological polar surface area (TPSA) is 136 Å². The fourth-order valence-corrected chi connectivity index (χ4v) is 6.32. The molecule has 0 radical (unpaired) electrons. The van der Waals surface area contributed by atoms with Gasteiger partial charge < -0.3 is 28.6 Å². The number of ether oxygens (including phenoxy) is 5. The van der Waals surface area contributed by atoms with Crippen molar-refractivity contribution in [3.63, 3.8) is 0 Å². The molecular formula is C38H52N4O9. The van der Waals surface area contributed by atoms with Crippen molar-refractivity contribution in [1.29, 1.82) is 0 Å². The Balaban J connectivity index is 0.911. The van der Waals surface area contributed by atoms with Gasteiger partial charge in [-0.15, -0.1) is 0 Å². The van der Waals surface area contributed by atoms with Gasteiger partial charge in [0, 0.05) is 56.8 Å². The summed E-state index contributed by atoms with van der Waals surface area (Å²) in [7, 11) is 0. The Hall–Kier alpha value is -3.88. The number of nitrogens with zero attached hydrogens (tertiary/aromatic N) is 3. The lowest BCUT2D eigenvalue weighted by Gasteiger charge is -2.34. The number of imide groups is 1. The third-order valence-electron chi connectivity index (χ3n) is 9.33. The molecule has 3 aliphatic rings. The van der Waals surface area contributed by atoms with E-state index in [9.17, 15) is 19.2 Å². The summed E-state index contributed by atoms with van der Waals surface area (Å²) in [5.41, 5.74) is 3.59. The lowest BCUT2D eigenvalue weighted by Crippen LogP contribution is -2.52. The number of hydrogen-bond donors (Lipinski definition) is 1. The van der Waals surface area contributed by atoms with Crippen LogP contribution in [0.25, 0.3) is 0 Å². The minimum Gasteiger partial charge on any atom is -0.489 e. The zero-order valence-electron chi connectivity index (χ0n) is 29.8. The minimum absolute atomic E-state index is 0.209. The molecule has 0 spiro atoms. The molecule has 3 heterocycles. The fraction of sp³-hybridized carbons (Fsp3) is 0.579. The van der Waals surface area contributed by atoms with Crippen LogP contribution in [-0.2, 0) is 53.0 Å². The van der Waals surface area contributed by atoms with Gasteiger partial charge in [-0.25, -0.2) is 0 Å². The number of rotatable bonds is 21. The molecule has 1 N–H and O–H groups in total. The van der Waals surface area contributed by atoms with Crippen molar-refractivity contribution < 1.29 is 42.9 Å². The van der Waals surface area contributed by atoms with E-state index < -0.39 is 11.9 Å². The number of piperidine rings is 1. The van der Waals surface area contributed by atoms with Crippen LogP contribution in [0.2, 0.25) is 0 Å². The van der Waals surface area contributed by atoms with E-state index in [1.54, 1.807) is 17.0 Å². The van der Waals surface area contributed by atoms with Crippen molar-refractivity contribution >= 4 is 23.7 Å². The molecule has 51 heavy (non-hydrogen) atoms. The first-order valence-corrected chi connectivity index (χ1v) is 18.2. The van der Waals surface area contributed by atoms with Crippen LogP contribution in [0, 0.1) is 0 Å². The lowest BCUT2D eigenvalue weighted by molar-refractivity contribution is -0.145. The molecule has 2 saturated heterocycles. The largest absolute Gasteiger partial charge is 0.489 e. The second-order valence-corrected chi connectivity index (χ2v) is 13.1. The smallest absolute Gasteiger partial charge is 0.308 e. The van der Waals surface area contributed by atoms with Gasteiger partial charge in [-0.05, 0) is 36.1 Å². The zero-order valence-corrected chi connectivity index (χ0v) is 29.8. The maximum Gasteiger partial charge on any atom is 0.308 e. The molecule has 0 aliphatic carbocycles. The highest BCUT2D eigenvalue weighted by Gasteiger charge is 2.40. The molecular weight excluding hydrogens is 656 g/mol. The summed E-state index contributed by atoms with van der Waals surface area (Å²) in [6, 6.07) is 13.2. The second-order valence-electron chi connectivity index (χ2n) is 13.1. The molecule has 1 unspecified atom stereocenters. The van der Waals surface area contributed by atoms with E-state index >= 15 is 0 Å². The van der Waals surface area contributed by atoms with Gasteiger partial charge in [-0.1, -0.05) is 43.7 Å². The van der Waals surface area contributed by atoms with E-state index in [1.165, 1.54) is 5.56 Å². The molecule has 13 nitrogen and oxygen atoms in total. The van der Waals surface area contributed by atoms with Gasteiger partial charge >= 0.3 is 5.97 Å². The van der Waals surface area contributed by atoms with Crippen LogP contribution in [0.3, 0.4) is 0 Å². The van der Waals surface area contributed by atoms with Crippen LogP contribution in [0.1, 0.15) is 66.1 Å². The molecule has 3 aliphatic heterocycles. The quantitative estimate of drug-likeness (QED) is 0.117. The Labute approximate surface area is 300 Å². The fourth-order valence-electron chi connectivity index (χ4n) is 6.32. The minimum atomic E-state index is -0.652. The van der Waals surface area contributed by atoms with Crippen molar-refractivity contribution in [3.8, 4) is 5.75 Å². The predicted octanol–water partition coefficient (Wildman–Crippen LogP) is 2.93. The maximum absolute atomic E-state index is 13.1. The summed E-state index contributed by atoms with van der Waals surface area (Å²) in [6.07, 6.45) is 2.72. The average molecular weight is 709 g/mol. The molecule has 0 bridgehead atoms. The van der Waals surface area contributed by atoms with Crippen LogP contribution in [0.15, 0.2) is 42.5 Å². The Morgan fingerprint density at radius 2 is 1.51 bits per heavy atom. The first kappa shape index (κ1) is 38.4. The van der Waals surface area contributed by atoms with Gasteiger partial charge in [-0.2, -0.15) is 0 Å². The summed E-state index contributed by atoms with van der Waals surface area (Å²) < 4.78 is 28.0. The number of nitrogens with one attached hydrogen (secondary N) is 1. The van der Waals surface area contributed by atoms with Gasteiger partial charge in [0.25, 0.3) is 5.91 Å². The highest BCUT2D eigenvalue weighted by atomic mass is 16.5. The molecule has 5 rings (SSSR count). The third-order valence-corrected chi connectivity index (χ3v) is 9.33. The molecule has 2 aromatic carbocycles. The number of esters is 1. The molecule has 2 fully saturated rings. The zero-order chi connectivity index (χ0) is 35.8. The van der Waals surface area contributed by atoms with Crippen molar-refractivity contribution in [2.24, 2.45) is 0 Å². The normalized spacial score (nSPS) is 18.2. The van der Waals surface area contributed by atoms with E-state index in [1.807, 2.05) is 6.07 Å². The van der Waals surface area contributed by atoms with Gasteiger partial charge in [0.15, 0.2) is 0 Å². The number of benzene rings is 2. The van der Waals surface area contributed by atoms with Gasteiger partial charge in [0.2, 0.25) is 11.8 Å². The standard InChI is InChI=1S/C38H52N4O9/c1-2-3-19-50-36(44)13-20-47-22-24-49-25-23-48-21-18-40-14-16-41(17-15-40)26-29-7-9-30(10-8-29)28-51-34-6-4-5-31-32(34)27-42(38(31)46)33-11-12-35(43)39-37(33)45/h4-10,33H,2-3,11-28H2,1H3,(H,39,43,45). The maximum atomic E-state index is 13.1. The summed E-state index contributed by atoms with van der Waals surface area (Å²) in [4.78, 5) is 55.0. The summed E-state index contributed by atoms with van der Waals surface area (Å²) in [5, 5.41) is 2.35. The summed E-state index contributed by atoms with van der Waals surface area (Å²) in [6.45, 7) is 12.0. The lowest BCUT2D eigenvalue weighted by atomic mass is 10.0. The summed E-state index contributed by atoms with van der Waals surface area (Å²) in [5.74, 6) is -0.514. The number of carbonyl (C=O) groups is 4. The Morgan fingerprint density at radius 3 is 2.24 bits per heavy atom. The number of piperazine rings is 1. The highest BCUT2D eigenvalue weighted by Crippen LogP contribution is 2.34. The van der Waals surface area contributed by atoms with Gasteiger partial charge in [0.1, 0.15) is 18.4 Å². The molecule has 0 aromatic heterocycles. The first-order valence-electron chi connectivity index (χ1n) is 18.2. The highest BCUT2D eigenvalue weighted by molar-refractivity contribution is 6.05.